The van der Waals surface area contributed by atoms with Gasteiger partial charge in [-0.3, -0.25) is 0 Å². The van der Waals surface area contributed by atoms with Crippen LogP contribution in [0.3, 0.4) is 0 Å². The number of hydrogen-bond acceptors (Lipinski definition) is 2. The van der Waals surface area contributed by atoms with E-state index in [9.17, 15) is 4.79 Å². The van der Waals surface area contributed by atoms with Crippen molar-refractivity contribution >= 4 is 6.03 Å². The fraction of sp³-hybridized carbons (Fsp3) is 0.583. The van der Waals surface area contributed by atoms with E-state index in [4.69, 9.17) is 0 Å². The third-order valence-corrected chi connectivity index (χ3v) is 2.00. The Labute approximate surface area is 134 Å². The van der Waals surface area contributed by atoms with E-state index in [1.165, 1.54) is 0 Å². The zero-order chi connectivity index (χ0) is 11.8. The maximum atomic E-state index is 11.4. The second kappa shape index (κ2) is 12.5. The summed E-state index contributed by atoms with van der Waals surface area (Å²) in [5.74, 6) is 0. The van der Waals surface area contributed by atoms with Crippen molar-refractivity contribution < 1.29 is 40.4 Å². The second-order valence-electron chi connectivity index (χ2n) is 3.64. The van der Waals surface area contributed by atoms with E-state index >= 15 is 0 Å². The van der Waals surface area contributed by atoms with E-state index in [0.29, 0.717) is 0 Å². The summed E-state index contributed by atoms with van der Waals surface area (Å²) in [5, 5.41) is 8.48. The van der Waals surface area contributed by atoms with E-state index in [-0.39, 0.29) is 61.1 Å². The van der Waals surface area contributed by atoms with Crippen LogP contribution in [0.25, 0.3) is 0 Å². The molecule has 0 aromatic rings. The first-order valence-electron chi connectivity index (χ1n) is 5.27. The molecule has 0 aliphatic carbocycles. The van der Waals surface area contributed by atoms with Crippen LogP contribution in [0, 0.1) is 49.9 Å². The van der Waals surface area contributed by atoms with Crippen LogP contribution >= 0.6 is 0 Å². The molecule has 2 amide bonds. The molecule has 0 spiro atoms. The normalized spacial score (nSPS) is 12.2. The molecule has 0 aliphatic rings. The smallest absolute Gasteiger partial charge is 0.313 e. The quantitative estimate of drug-likeness (QED) is 0.629. The van der Waals surface area contributed by atoms with E-state index < -0.39 is 0 Å². The van der Waals surface area contributed by atoms with Crippen molar-refractivity contribution in [2.75, 3.05) is 7.05 Å². The SMILES string of the molecule is C=C(NC)[C@H](CCC)NC(=O)NC([CH2-])C.[CH3-].[La]. The summed E-state index contributed by atoms with van der Waals surface area (Å²) < 4.78 is 0. The molecular weight excluding hydrogens is 341 g/mol. The van der Waals surface area contributed by atoms with Gasteiger partial charge in [-0.1, -0.05) is 32.9 Å². The summed E-state index contributed by atoms with van der Waals surface area (Å²) in [4.78, 5) is 11.4. The summed E-state index contributed by atoms with van der Waals surface area (Å²) in [6.07, 6.45) is 1.87. The molecule has 0 saturated heterocycles. The van der Waals surface area contributed by atoms with Crippen LogP contribution in [0.15, 0.2) is 12.3 Å². The van der Waals surface area contributed by atoms with Gasteiger partial charge in [0.15, 0.2) is 0 Å². The Hall–Kier alpha value is 0.00481. The molecule has 3 N–H and O–H groups in total. The summed E-state index contributed by atoms with van der Waals surface area (Å²) in [6, 6.07) is -0.332. The Morgan fingerprint density at radius 1 is 1.41 bits per heavy atom. The molecule has 1 unspecified atom stereocenters. The Bertz CT molecular complexity index is 220. The largest absolute Gasteiger partial charge is 0.390 e. The van der Waals surface area contributed by atoms with Gasteiger partial charge in [-0.05, 0) is 6.42 Å². The number of urea groups is 1. The number of amides is 2. The first-order chi connectivity index (χ1) is 7.01. The third kappa shape index (κ3) is 10.9. The number of nitrogens with one attached hydrogen (secondary N) is 3. The van der Waals surface area contributed by atoms with Gasteiger partial charge in [0.2, 0.25) is 0 Å². The maximum Gasteiger partial charge on any atom is 0.313 e. The van der Waals surface area contributed by atoms with Crippen LogP contribution in [0.1, 0.15) is 26.7 Å². The van der Waals surface area contributed by atoms with Crippen LogP contribution in [-0.4, -0.2) is 25.2 Å². The number of likely N-dealkylation sites (N-methyl/N-ethyl adjacent to an activating group) is 1. The van der Waals surface area contributed by atoms with Gasteiger partial charge in [0, 0.05) is 48.3 Å². The van der Waals surface area contributed by atoms with Crippen molar-refractivity contribution in [3.8, 4) is 0 Å². The Morgan fingerprint density at radius 2 is 1.94 bits per heavy atom. The van der Waals surface area contributed by atoms with Crippen molar-refractivity contribution in [2.45, 2.75) is 38.8 Å². The standard InChI is InChI=1S/C11H22N3O.CH3.La/c1-6-7-10(9(4)12-5)14-11(15)13-8(2)3;;/h8,10,12H,2,4,6-7H2,1,3,5H3,(H2,13,14,15);1H3;/q2*-1;/t8?,10-;;/m0../s1. The van der Waals surface area contributed by atoms with Crippen LogP contribution in [0.5, 0.6) is 0 Å². The molecular formula is C12H25LaN3O-2. The van der Waals surface area contributed by atoms with Crippen LogP contribution in [0.2, 0.25) is 0 Å². The molecule has 17 heavy (non-hydrogen) atoms. The van der Waals surface area contributed by atoms with E-state index in [1.807, 2.05) is 6.92 Å². The molecule has 0 heterocycles. The monoisotopic (exact) mass is 366 g/mol. The maximum absolute atomic E-state index is 11.4. The average molecular weight is 366 g/mol. The summed E-state index contributed by atoms with van der Waals surface area (Å²) in [5.41, 5.74) is 0.823. The van der Waals surface area contributed by atoms with Gasteiger partial charge in [0.05, 0.1) is 6.04 Å². The van der Waals surface area contributed by atoms with E-state index in [1.54, 1.807) is 7.05 Å². The van der Waals surface area contributed by atoms with Gasteiger partial charge in [-0.15, -0.1) is 0 Å². The van der Waals surface area contributed by atoms with Gasteiger partial charge in [0.1, 0.15) is 0 Å². The predicted octanol–water partition coefficient (Wildman–Crippen LogP) is 1.86. The fourth-order valence-corrected chi connectivity index (χ4v) is 1.22. The minimum Gasteiger partial charge on any atom is -0.390 e. The summed E-state index contributed by atoms with van der Waals surface area (Å²) >= 11 is 0. The number of carbonyl (C=O) groups excluding carboxylic acids is 1. The molecule has 0 rings (SSSR count). The Balaban J connectivity index is -0.000000980. The molecule has 2 atom stereocenters. The third-order valence-electron chi connectivity index (χ3n) is 2.00. The van der Waals surface area contributed by atoms with Crippen LogP contribution in [0.4, 0.5) is 4.79 Å². The number of rotatable bonds is 6. The molecule has 1 radical (unpaired) electrons. The fourth-order valence-electron chi connectivity index (χ4n) is 1.22. The second-order valence-corrected chi connectivity index (χ2v) is 3.64. The van der Waals surface area contributed by atoms with Gasteiger partial charge in [0.25, 0.3) is 0 Å². The molecule has 99 valence electrons. The van der Waals surface area contributed by atoms with E-state index in [0.717, 1.165) is 18.5 Å². The summed E-state index contributed by atoms with van der Waals surface area (Å²) in [6.45, 7) is 11.4. The van der Waals surface area contributed by atoms with Crippen molar-refractivity contribution in [2.24, 2.45) is 0 Å². The minimum absolute atomic E-state index is 0. The molecule has 4 nitrogen and oxygen atoms in total. The van der Waals surface area contributed by atoms with Gasteiger partial charge in [-0.25, -0.2) is 4.79 Å². The topological polar surface area (TPSA) is 53.2 Å². The Kier molecular flexibility index (Phi) is 16.3. The van der Waals surface area contributed by atoms with E-state index in [2.05, 4.69) is 36.4 Å². The minimum atomic E-state index is -0.202. The molecule has 0 saturated carbocycles. The van der Waals surface area contributed by atoms with Crippen molar-refractivity contribution in [3.63, 3.8) is 0 Å². The molecule has 5 heteroatoms. The van der Waals surface area contributed by atoms with Gasteiger partial charge in [-0.2, -0.15) is 0 Å². The molecule has 0 aliphatic heterocycles. The molecule has 0 bridgehead atoms. The first-order valence-corrected chi connectivity index (χ1v) is 5.27. The molecule has 0 aromatic heterocycles. The van der Waals surface area contributed by atoms with Gasteiger partial charge >= 0.3 is 6.03 Å². The zero-order valence-corrected chi connectivity index (χ0v) is 15.1. The molecule has 0 aromatic carbocycles. The van der Waals surface area contributed by atoms with Crippen molar-refractivity contribution in [1.82, 2.24) is 16.0 Å². The van der Waals surface area contributed by atoms with Crippen molar-refractivity contribution in [1.29, 1.82) is 0 Å². The zero-order valence-electron chi connectivity index (χ0n) is 11.5. The number of hydrogen-bond donors (Lipinski definition) is 3. The van der Waals surface area contributed by atoms with Crippen LogP contribution in [-0.2, 0) is 0 Å². The summed E-state index contributed by atoms with van der Waals surface area (Å²) in [7, 11) is 1.80. The van der Waals surface area contributed by atoms with Crippen molar-refractivity contribution in [3.05, 3.63) is 26.6 Å². The Morgan fingerprint density at radius 3 is 2.29 bits per heavy atom. The molecule has 0 fully saturated rings. The van der Waals surface area contributed by atoms with Crippen LogP contribution < -0.4 is 16.0 Å². The average Bonchev–Trinajstić information content (AvgIpc) is 2.14. The first kappa shape index (κ1) is 22.2. The van der Waals surface area contributed by atoms with Gasteiger partial charge < -0.3 is 30.3 Å². The predicted molar refractivity (Wildman–Crippen MR) is 69.8 cm³/mol. The number of carbonyl (C=O) groups is 1.